The molecule has 100 valence electrons. The van der Waals surface area contributed by atoms with Crippen LogP contribution in [0.4, 0.5) is 5.69 Å². The monoisotopic (exact) mass is 246 g/mol. The van der Waals surface area contributed by atoms with Crippen LogP contribution in [0.5, 0.6) is 0 Å². The zero-order valence-electron chi connectivity index (χ0n) is 12.2. The highest BCUT2D eigenvalue weighted by atomic mass is 15.1. The Morgan fingerprint density at radius 1 is 1.17 bits per heavy atom. The van der Waals surface area contributed by atoms with Crippen molar-refractivity contribution in [2.24, 2.45) is 5.92 Å². The maximum atomic E-state index is 3.68. The van der Waals surface area contributed by atoms with E-state index in [1.165, 1.54) is 42.7 Å². The highest BCUT2D eigenvalue weighted by Gasteiger charge is 2.22. The van der Waals surface area contributed by atoms with Crippen LogP contribution >= 0.6 is 0 Å². The van der Waals surface area contributed by atoms with E-state index in [-0.39, 0.29) is 0 Å². The lowest BCUT2D eigenvalue weighted by Gasteiger charge is -2.33. The van der Waals surface area contributed by atoms with Crippen molar-refractivity contribution in [1.29, 1.82) is 0 Å². The van der Waals surface area contributed by atoms with Crippen LogP contribution < -0.4 is 5.32 Å². The van der Waals surface area contributed by atoms with Gasteiger partial charge in [0.2, 0.25) is 0 Å². The van der Waals surface area contributed by atoms with Crippen molar-refractivity contribution < 1.29 is 0 Å². The molecule has 2 heteroatoms. The van der Waals surface area contributed by atoms with Crippen LogP contribution in [-0.4, -0.2) is 31.1 Å². The molecule has 1 saturated heterocycles. The number of nitrogens with one attached hydrogen (secondary N) is 1. The van der Waals surface area contributed by atoms with Crippen molar-refractivity contribution in [2.75, 3.05) is 25.5 Å². The average molecular weight is 246 g/mol. The zero-order chi connectivity index (χ0) is 13.1. The van der Waals surface area contributed by atoms with Crippen LogP contribution in [0.2, 0.25) is 0 Å². The van der Waals surface area contributed by atoms with E-state index in [4.69, 9.17) is 0 Å². The first-order valence-corrected chi connectivity index (χ1v) is 7.08. The van der Waals surface area contributed by atoms with E-state index in [0.29, 0.717) is 6.04 Å². The molecule has 1 atom stereocenters. The molecule has 1 N–H and O–H groups in total. The first kappa shape index (κ1) is 13.4. The highest BCUT2D eigenvalue weighted by Crippen LogP contribution is 2.23. The Bertz CT molecular complexity index is 392. The molecule has 1 aromatic rings. The standard InChI is InChI=1S/C16H26N2/c1-12-5-6-16(11-13(12)2)17-14(3)15-7-9-18(4)10-8-15/h5-6,11,14-15,17H,7-10H2,1-4H3. The molecule has 0 saturated carbocycles. The maximum Gasteiger partial charge on any atom is 0.0345 e. The smallest absolute Gasteiger partial charge is 0.0345 e. The molecule has 0 bridgehead atoms. The first-order valence-electron chi connectivity index (χ1n) is 7.08. The van der Waals surface area contributed by atoms with E-state index in [1.54, 1.807) is 0 Å². The Balaban J connectivity index is 1.94. The lowest BCUT2D eigenvalue weighted by molar-refractivity contribution is 0.208. The van der Waals surface area contributed by atoms with Gasteiger partial charge in [-0.15, -0.1) is 0 Å². The SMILES string of the molecule is Cc1ccc(NC(C)C2CCN(C)CC2)cc1C. The van der Waals surface area contributed by atoms with Gasteiger partial charge in [0.25, 0.3) is 0 Å². The van der Waals surface area contributed by atoms with Gasteiger partial charge in [0.15, 0.2) is 0 Å². The summed E-state index contributed by atoms with van der Waals surface area (Å²) in [4.78, 5) is 2.43. The average Bonchev–Trinajstić information content (AvgIpc) is 2.34. The quantitative estimate of drug-likeness (QED) is 0.879. The Hall–Kier alpha value is -1.02. The summed E-state index contributed by atoms with van der Waals surface area (Å²) in [6, 6.07) is 7.24. The number of benzene rings is 1. The summed E-state index contributed by atoms with van der Waals surface area (Å²) in [5.74, 6) is 0.808. The Morgan fingerprint density at radius 2 is 1.83 bits per heavy atom. The van der Waals surface area contributed by atoms with Gasteiger partial charge in [0.05, 0.1) is 0 Å². The number of aryl methyl sites for hydroxylation is 2. The maximum absolute atomic E-state index is 3.68. The van der Waals surface area contributed by atoms with E-state index >= 15 is 0 Å². The van der Waals surface area contributed by atoms with Gasteiger partial charge in [0.1, 0.15) is 0 Å². The third-order valence-corrected chi connectivity index (χ3v) is 4.37. The molecule has 1 fully saturated rings. The Morgan fingerprint density at radius 3 is 2.44 bits per heavy atom. The third kappa shape index (κ3) is 3.26. The molecule has 0 radical (unpaired) electrons. The van der Waals surface area contributed by atoms with Gasteiger partial charge in [0, 0.05) is 11.7 Å². The second-order valence-electron chi connectivity index (χ2n) is 5.87. The predicted molar refractivity (Wildman–Crippen MR) is 79.2 cm³/mol. The van der Waals surface area contributed by atoms with E-state index in [2.05, 4.69) is 56.2 Å². The molecule has 2 nitrogen and oxygen atoms in total. The summed E-state index contributed by atoms with van der Waals surface area (Å²) in [5.41, 5.74) is 4.01. The van der Waals surface area contributed by atoms with Crippen LogP contribution in [0, 0.1) is 19.8 Å². The van der Waals surface area contributed by atoms with Crippen LogP contribution in [0.3, 0.4) is 0 Å². The summed E-state index contributed by atoms with van der Waals surface area (Å²) in [6.45, 7) is 9.15. The van der Waals surface area contributed by atoms with Gasteiger partial charge >= 0.3 is 0 Å². The summed E-state index contributed by atoms with van der Waals surface area (Å²) in [5, 5.41) is 3.68. The number of piperidine rings is 1. The molecule has 0 spiro atoms. The van der Waals surface area contributed by atoms with E-state index in [0.717, 1.165) is 5.92 Å². The zero-order valence-corrected chi connectivity index (χ0v) is 12.2. The normalized spacial score (nSPS) is 19.8. The molecule has 18 heavy (non-hydrogen) atoms. The fourth-order valence-electron chi connectivity index (χ4n) is 2.74. The van der Waals surface area contributed by atoms with Gasteiger partial charge in [-0.05, 0) is 82.9 Å². The first-order chi connectivity index (χ1) is 8.56. The van der Waals surface area contributed by atoms with Gasteiger partial charge in [-0.1, -0.05) is 6.07 Å². The minimum Gasteiger partial charge on any atom is -0.382 e. The number of rotatable bonds is 3. The van der Waals surface area contributed by atoms with Gasteiger partial charge in [-0.2, -0.15) is 0 Å². The van der Waals surface area contributed by atoms with Crippen molar-refractivity contribution in [3.05, 3.63) is 29.3 Å². The van der Waals surface area contributed by atoms with E-state index in [9.17, 15) is 0 Å². The summed E-state index contributed by atoms with van der Waals surface area (Å²) < 4.78 is 0. The van der Waals surface area contributed by atoms with E-state index in [1.807, 2.05) is 0 Å². The molecule has 1 unspecified atom stereocenters. The van der Waals surface area contributed by atoms with Crippen molar-refractivity contribution >= 4 is 5.69 Å². The summed E-state index contributed by atoms with van der Waals surface area (Å²) in [7, 11) is 2.22. The highest BCUT2D eigenvalue weighted by molar-refractivity contribution is 5.48. The molecule has 1 aliphatic rings. The lowest BCUT2D eigenvalue weighted by atomic mass is 9.90. The van der Waals surface area contributed by atoms with Gasteiger partial charge in [-0.25, -0.2) is 0 Å². The molecule has 0 aromatic heterocycles. The van der Waals surface area contributed by atoms with Crippen molar-refractivity contribution in [1.82, 2.24) is 4.90 Å². The second-order valence-corrected chi connectivity index (χ2v) is 5.87. The molecule has 2 rings (SSSR count). The molecule has 0 aliphatic carbocycles. The van der Waals surface area contributed by atoms with Crippen molar-refractivity contribution in [2.45, 2.75) is 39.7 Å². The molecule has 1 aromatic carbocycles. The summed E-state index contributed by atoms with van der Waals surface area (Å²) in [6.07, 6.45) is 2.63. The minimum absolute atomic E-state index is 0.570. The van der Waals surface area contributed by atoms with Crippen LogP contribution in [-0.2, 0) is 0 Å². The fraction of sp³-hybridized carbons (Fsp3) is 0.625. The predicted octanol–water partition coefficient (Wildman–Crippen LogP) is 3.45. The number of hydrogen-bond acceptors (Lipinski definition) is 2. The number of likely N-dealkylation sites (tertiary alicyclic amines) is 1. The van der Waals surface area contributed by atoms with Crippen LogP contribution in [0.15, 0.2) is 18.2 Å². The molecule has 1 aliphatic heterocycles. The molecule has 0 amide bonds. The number of anilines is 1. The second kappa shape index (κ2) is 5.75. The summed E-state index contributed by atoms with van der Waals surface area (Å²) >= 11 is 0. The van der Waals surface area contributed by atoms with Crippen molar-refractivity contribution in [3.8, 4) is 0 Å². The molecular formula is C16H26N2. The van der Waals surface area contributed by atoms with Gasteiger partial charge < -0.3 is 10.2 Å². The third-order valence-electron chi connectivity index (χ3n) is 4.37. The van der Waals surface area contributed by atoms with Crippen LogP contribution in [0.25, 0.3) is 0 Å². The van der Waals surface area contributed by atoms with Crippen LogP contribution in [0.1, 0.15) is 30.9 Å². The topological polar surface area (TPSA) is 15.3 Å². The van der Waals surface area contributed by atoms with E-state index < -0.39 is 0 Å². The minimum atomic E-state index is 0.570. The van der Waals surface area contributed by atoms with Crippen molar-refractivity contribution in [3.63, 3.8) is 0 Å². The Kier molecular flexibility index (Phi) is 4.28. The molecular weight excluding hydrogens is 220 g/mol. The van der Waals surface area contributed by atoms with Gasteiger partial charge in [-0.3, -0.25) is 0 Å². The molecule has 1 heterocycles. The number of nitrogens with zero attached hydrogens (tertiary/aromatic N) is 1. The largest absolute Gasteiger partial charge is 0.382 e. The Labute approximate surface area is 111 Å². The number of hydrogen-bond donors (Lipinski definition) is 1. The fourth-order valence-corrected chi connectivity index (χ4v) is 2.74. The lowest BCUT2D eigenvalue weighted by Crippen LogP contribution is -2.37.